The van der Waals surface area contributed by atoms with Crippen molar-refractivity contribution in [3.05, 3.63) is 35.3 Å². The Labute approximate surface area is 153 Å². The lowest BCUT2D eigenvalue weighted by Crippen LogP contribution is -2.29. The van der Waals surface area contributed by atoms with Gasteiger partial charge >= 0.3 is 0 Å². The van der Waals surface area contributed by atoms with Crippen molar-refractivity contribution in [1.29, 1.82) is 0 Å². The van der Waals surface area contributed by atoms with E-state index in [4.69, 9.17) is 11.5 Å². The number of thioether (sulfide) groups is 1. The number of nitrogen functional groups attached to an aromatic ring is 2. The van der Waals surface area contributed by atoms with Crippen molar-refractivity contribution in [2.75, 3.05) is 23.8 Å². The van der Waals surface area contributed by atoms with Crippen LogP contribution < -0.4 is 16.8 Å². The summed E-state index contributed by atoms with van der Waals surface area (Å²) in [5.41, 5.74) is 12.2. The smallest absolute Gasteiger partial charge is 0.230 e. The van der Waals surface area contributed by atoms with E-state index in [1.165, 1.54) is 17.8 Å². The molecule has 0 radical (unpaired) electrons. The number of amides is 1. The summed E-state index contributed by atoms with van der Waals surface area (Å²) >= 11 is 2.86. The SMILES string of the molecule is CC(CNC(=O)CSc1nc(N)cc(N)n1)c1nc2ccccc2s1. The molecule has 0 aliphatic heterocycles. The normalized spacial score (nSPS) is 12.2. The average molecular weight is 374 g/mol. The van der Waals surface area contributed by atoms with Gasteiger partial charge in [-0.25, -0.2) is 15.0 Å². The second kappa shape index (κ2) is 7.66. The number of hydrogen-bond donors (Lipinski definition) is 3. The Morgan fingerprint density at radius 2 is 1.96 bits per heavy atom. The molecule has 0 saturated carbocycles. The van der Waals surface area contributed by atoms with Gasteiger partial charge in [0.25, 0.3) is 0 Å². The van der Waals surface area contributed by atoms with Crippen LogP contribution in [0, 0.1) is 0 Å². The molecular formula is C16H18N6OS2. The van der Waals surface area contributed by atoms with Crippen LogP contribution in [-0.2, 0) is 4.79 Å². The Hall–Kier alpha value is -2.39. The fraction of sp³-hybridized carbons (Fsp3) is 0.250. The highest BCUT2D eigenvalue weighted by molar-refractivity contribution is 7.99. The third-order valence-corrected chi connectivity index (χ3v) is 5.53. The zero-order valence-corrected chi connectivity index (χ0v) is 15.2. The molecule has 130 valence electrons. The Morgan fingerprint density at radius 1 is 1.24 bits per heavy atom. The van der Waals surface area contributed by atoms with E-state index in [-0.39, 0.29) is 17.6 Å². The zero-order valence-electron chi connectivity index (χ0n) is 13.6. The highest BCUT2D eigenvalue weighted by atomic mass is 32.2. The van der Waals surface area contributed by atoms with Crippen LogP contribution in [0.5, 0.6) is 0 Å². The third-order valence-electron chi connectivity index (χ3n) is 3.42. The van der Waals surface area contributed by atoms with Crippen LogP contribution in [0.25, 0.3) is 10.2 Å². The minimum atomic E-state index is -0.0949. The van der Waals surface area contributed by atoms with Crippen molar-refractivity contribution >= 4 is 50.9 Å². The van der Waals surface area contributed by atoms with Gasteiger partial charge in [0.05, 0.1) is 21.0 Å². The standard InChI is InChI=1S/C16H18N6OS2/c1-9(15-20-10-4-2-3-5-11(10)25-15)7-19-14(23)8-24-16-21-12(17)6-13(18)22-16/h2-6,9H,7-8H2,1H3,(H,19,23)(H4,17,18,21,22). The van der Waals surface area contributed by atoms with Gasteiger partial charge in [-0.1, -0.05) is 30.8 Å². The first kappa shape index (κ1) is 17.4. The summed E-state index contributed by atoms with van der Waals surface area (Å²) in [6.45, 7) is 2.58. The number of anilines is 2. The quantitative estimate of drug-likeness (QED) is 0.447. The third kappa shape index (κ3) is 4.58. The van der Waals surface area contributed by atoms with E-state index in [1.807, 2.05) is 25.1 Å². The van der Waals surface area contributed by atoms with E-state index in [2.05, 4.69) is 26.3 Å². The van der Waals surface area contributed by atoms with Crippen LogP contribution in [0.3, 0.4) is 0 Å². The number of nitrogens with zero attached hydrogens (tertiary/aromatic N) is 3. The van der Waals surface area contributed by atoms with E-state index in [1.54, 1.807) is 11.3 Å². The molecule has 25 heavy (non-hydrogen) atoms. The largest absolute Gasteiger partial charge is 0.383 e. The van der Waals surface area contributed by atoms with Crippen LogP contribution >= 0.6 is 23.1 Å². The van der Waals surface area contributed by atoms with Crippen LogP contribution in [0.4, 0.5) is 11.6 Å². The molecule has 0 spiro atoms. The minimum Gasteiger partial charge on any atom is -0.383 e. The molecule has 1 aromatic carbocycles. The summed E-state index contributed by atoms with van der Waals surface area (Å²) < 4.78 is 1.16. The maximum Gasteiger partial charge on any atom is 0.230 e. The molecule has 3 aromatic rings. The number of fused-ring (bicyclic) bond motifs is 1. The first-order valence-corrected chi connectivity index (χ1v) is 9.46. The Bertz CT molecular complexity index is 844. The molecule has 0 aliphatic carbocycles. The number of rotatable bonds is 6. The van der Waals surface area contributed by atoms with Crippen molar-refractivity contribution in [2.24, 2.45) is 0 Å². The molecule has 0 aliphatic rings. The highest BCUT2D eigenvalue weighted by Crippen LogP contribution is 2.26. The Kier molecular flexibility index (Phi) is 5.34. The van der Waals surface area contributed by atoms with Crippen molar-refractivity contribution in [3.8, 4) is 0 Å². The second-order valence-electron chi connectivity index (χ2n) is 5.51. The van der Waals surface area contributed by atoms with Crippen molar-refractivity contribution in [3.63, 3.8) is 0 Å². The molecule has 2 heterocycles. The van der Waals surface area contributed by atoms with Gasteiger partial charge in [0.15, 0.2) is 5.16 Å². The van der Waals surface area contributed by atoms with Gasteiger partial charge in [0.1, 0.15) is 11.6 Å². The molecule has 3 rings (SSSR count). The van der Waals surface area contributed by atoms with Crippen LogP contribution in [0.2, 0.25) is 0 Å². The molecule has 1 unspecified atom stereocenters. The molecule has 1 atom stereocenters. The summed E-state index contributed by atoms with van der Waals surface area (Å²) in [6.07, 6.45) is 0. The van der Waals surface area contributed by atoms with Crippen molar-refractivity contribution < 1.29 is 4.79 Å². The number of thiazole rings is 1. The number of nitrogens with one attached hydrogen (secondary N) is 1. The summed E-state index contributed by atoms with van der Waals surface area (Å²) in [4.78, 5) is 24.7. The molecule has 7 nitrogen and oxygen atoms in total. The van der Waals surface area contributed by atoms with E-state index in [0.717, 1.165) is 15.2 Å². The van der Waals surface area contributed by atoms with Crippen LogP contribution in [0.1, 0.15) is 17.8 Å². The topological polar surface area (TPSA) is 120 Å². The average Bonchev–Trinajstić information content (AvgIpc) is 3.01. The Balaban J connectivity index is 1.51. The number of benzene rings is 1. The molecule has 9 heteroatoms. The summed E-state index contributed by atoms with van der Waals surface area (Å²) in [5.74, 6) is 0.836. The van der Waals surface area contributed by atoms with Gasteiger partial charge in [0.2, 0.25) is 5.91 Å². The number of carbonyl (C=O) groups excluding carboxylic acids is 1. The van der Waals surface area contributed by atoms with E-state index < -0.39 is 0 Å². The van der Waals surface area contributed by atoms with Crippen molar-refractivity contribution in [2.45, 2.75) is 18.0 Å². The second-order valence-corrected chi connectivity index (χ2v) is 7.52. The first-order chi connectivity index (χ1) is 12.0. The number of carbonyl (C=O) groups is 1. The lowest BCUT2D eigenvalue weighted by Gasteiger charge is -2.09. The van der Waals surface area contributed by atoms with Gasteiger partial charge in [0, 0.05) is 18.5 Å². The molecule has 5 N–H and O–H groups in total. The van der Waals surface area contributed by atoms with Crippen LogP contribution in [-0.4, -0.2) is 33.2 Å². The summed E-state index contributed by atoms with van der Waals surface area (Å²) in [7, 11) is 0. The molecule has 0 fully saturated rings. The minimum absolute atomic E-state index is 0.0949. The maximum atomic E-state index is 12.0. The fourth-order valence-corrected chi connectivity index (χ4v) is 3.88. The monoisotopic (exact) mass is 374 g/mol. The number of aromatic nitrogens is 3. The van der Waals surface area contributed by atoms with Crippen LogP contribution in [0.15, 0.2) is 35.5 Å². The number of hydrogen-bond acceptors (Lipinski definition) is 8. The predicted octanol–water partition coefficient (Wildman–Crippen LogP) is 2.26. The number of para-hydroxylation sites is 1. The van der Waals surface area contributed by atoms with Gasteiger partial charge < -0.3 is 16.8 Å². The molecule has 1 amide bonds. The summed E-state index contributed by atoms with van der Waals surface area (Å²) in [6, 6.07) is 9.49. The van der Waals surface area contributed by atoms with E-state index >= 15 is 0 Å². The summed E-state index contributed by atoms with van der Waals surface area (Å²) in [5, 5.41) is 4.32. The van der Waals surface area contributed by atoms with E-state index in [9.17, 15) is 4.79 Å². The predicted molar refractivity (Wildman–Crippen MR) is 103 cm³/mol. The van der Waals surface area contributed by atoms with Gasteiger partial charge in [-0.3, -0.25) is 4.79 Å². The maximum absolute atomic E-state index is 12.0. The van der Waals surface area contributed by atoms with E-state index in [0.29, 0.717) is 23.3 Å². The number of nitrogens with two attached hydrogens (primary N) is 2. The lowest BCUT2D eigenvalue weighted by molar-refractivity contribution is -0.118. The zero-order chi connectivity index (χ0) is 17.8. The molecule has 0 saturated heterocycles. The van der Waals surface area contributed by atoms with Gasteiger partial charge in [-0.2, -0.15) is 0 Å². The van der Waals surface area contributed by atoms with Gasteiger partial charge in [-0.15, -0.1) is 11.3 Å². The first-order valence-electron chi connectivity index (χ1n) is 7.66. The molecule has 2 aromatic heterocycles. The Morgan fingerprint density at radius 3 is 2.68 bits per heavy atom. The highest BCUT2D eigenvalue weighted by Gasteiger charge is 2.13. The van der Waals surface area contributed by atoms with Crippen molar-refractivity contribution in [1.82, 2.24) is 20.3 Å². The lowest BCUT2D eigenvalue weighted by atomic mass is 10.2. The fourth-order valence-electron chi connectivity index (χ4n) is 2.16. The molecular weight excluding hydrogens is 356 g/mol. The van der Waals surface area contributed by atoms with Gasteiger partial charge in [-0.05, 0) is 12.1 Å². The molecule has 0 bridgehead atoms.